The van der Waals surface area contributed by atoms with Crippen molar-refractivity contribution in [1.82, 2.24) is 9.58 Å². The molecule has 120 valence electrons. The van der Waals surface area contributed by atoms with Crippen LogP contribution in [0.3, 0.4) is 0 Å². The van der Waals surface area contributed by atoms with Crippen LogP contribution in [-0.4, -0.2) is 46.8 Å². The second kappa shape index (κ2) is 5.36. The molecule has 0 spiro atoms. The Morgan fingerprint density at radius 2 is 1.91 bits per heavy atom. The highest BCUT2D eigenvalue weighted by atomic mass is 16.6. The predicted octanol–water partition coefficient (Wildman–Crippen LogP) is 1.31. The first-order chi connectivity index (χ1) is 10.1. The minimum atomic E-state index is -0.657. The molecule has 1 aromatic rings. The first kappa shape index (κ1) is 15.9. The van der Waals surface area contributed by atoms with E-state index in [1.807, 2.05) is 0 Å². The Morgan fingerprint density at radius 1 is 1.27 bits per heavy atom. The van der Waals surface area contributed by atoms with Crippen molar-refractivity contribution in [3.8, 4) is 0 Å². The van der Waals surface area contributed by atoms with Crippen LogP contribution in [0.25, 0.3) is 0 Å². The molecule has 0 atom stereocenters. The number of methoxy groups -OCH3 is 1. The van der Waals surface area contributed by atoms with Gasteiger partial charge in [-0.05, 0) is 26.8 Å². The number of esters is 1. The average molecular weight is 309 g/mol. The molecule has 0 radical (unpaired) electrons. The van der Waals surface area contributed by atoms with Crippen molar-refractivity contribution in [2.24, 2.45) is 7.05 Å². The van der Waals surface area contributed by atoms with Crippen molar-refractivity contribution < 1.29 is 23.9 Å². The van der Waals surface area contributed by atoms with Gasteiger partial charge in [-0.2, -0.15) is 0 Å². The Kier molecular flexibility index (Phi) is 3.87. The Labute approximate surface area is 128 Å². The Bertz CT molecular complexity index is 629. The summed E-state index contributed by atoms with van der Waals surface area (Å²) >= 11 is 0. The molecular formula is C14H19N3O5. The van der Waals surface area contributed by atoms with Crippen molar-refractivity contribution >= 4 is 23.7 Å². The molecule has 1 aliphatic heterocycles. The van der Waals surface area contributed by atoms with Gasteiger partial charge in [-0.1, -0.05) is 0 Å². The quantitative estimate of drug-likeness (QED) is 0.769. The van der Waals surface area contributed by atoms with Gasteiger partial charge in [0.2, 0.25) is 0 Å². The van der Waals surface area contributed by atoms with Crippen molar-refractivity contribution in [1.29, 1.82) is 0 Å². The number of anilines is 1. The van der Waals surface area contributed by atoms with Gasteiger partial charge in [0.15, 0.2) is 0 Å². The number of hydrogen-bond acceptors (Lipinski definition) is 5. The number of aryl methyl sites for hydroxylation is 1. The van der Waals surface area contributed by atoms with E-state index in [-0.39, 0.29) is 18.1 Å². The molecule has 2 amide bonds. The second-order valence-corrected chi connectivity index (χ2v) is 5.93. The molecule has 2 heterocycles. The fraction of sp³-hybridized carbons (Fsp3) is 0.500. The molecule has 0 aromatic carbocycles. The van der Waals surface area contributed by atoms with E-state index in [9.17, 15) is 14.4 Å². The highest BCUT2D eigenvalue weighted by Gasteiger charge is 2.42. The molecule has 1 fully saturated rings. The maximum Gasteiger partial charge on any atom is 0.430 e. The lowest BCUT2D eigenvalue weighted by atomic mass is 10.2. The first-order valence-corrected chi connectivity index (χ1v) is 6.72. The molecular weight excluding hydrogens is 290 g/mol. The number of ether oxygens (including phenoxy) is 2. The minimum absolute atomic E-state index is 0.0582. The van der Waals surface area contributed by atoms with Crippen LogP contribution in [0, 0.1) is 0 Å². The molecule has 1 saturated heterocycles. The van der Waals surface area contributed by atoms with Gasteiger partial charge in [-0.3, -0.25) is 4.79 Å². The molecule has 8 heteroatoms. The van der Waals surface area contributed by atoms with E-state index in [1.165, 1.54) is 27.8 Å². The highest BCUT2D eigenvalue weighted by Crippen LogP contribution is 2.27. The lowest BCUT2D eigenvalue weighted by molar-refractivity contribution is -0.131. The normalized spacial score (nSPS) is 14.7. The average Bonchev–Trinajstić information content (AvgIpc) is 2.74. The Hall–Kier alpha value is -2.51. The largest absolute Gasteiger partial charge is 0.464 e. The minimum Gasteiger partial charge on any atom is -0.464 e. The molecule has 0 N–H and O–H groups in total. The monoisotopic (exact) mass is 309 g/mol. The number of nitrogens with zero attached hydrogens (tertiary/aromatic N) is 3. The van der Waals surface area contributed by atoms with Crippen LogP contribution < -0.4 is 5.01 Å². The van der Waals surface area contributed by atoms with Crippen LogP contribution >= 0.6 is 0 Å². The molecule has 22 heavy (non-hydrogen) atoms. The standard InChI is InChI=1S/C14H19N3O5/c1-14(2,3)22-13(20)16-8-11(18)17(16)9-6-10(12(19)21-5)15(4)7-9/h6-7H,8H2,1-5H3. The number of rotatable bonds is 2. The first-order valence-electron chi connectivity index (χ1n) is 6.72. The number of carbonyl (C=O) groups excluding carboxylic acids is 3. The Balaban J connectivity index is 2.22. The van der Waals surface area contributed by atoms with E-state index in [0.29, 0.717) is 5.69 Å². The molecule has 0 saturated carbocycles. The van der Waals surface area contributed by atoms with E-state index in [2.05, 4.69) is 4.74 Å². The summed E-state index contributed by atoms with van der Waals surface area (Å²) in [6.45, 7) is 5.18. The number of aromatic nitrogens is 1. The van der Waals surface area contributed by atoms with Crippen molar-refractivity contribution in [3.63, 3.8) is 0 Å². The maximum atomic E-state index is 12.1. The van der Waals surface area contributed by atoms with Gasteiger partial charge in [0.05, 0.1) is 12.8 Å². The van der Waals surface area contributed by atoms with E-state index in [4.69, 9.17) is 4.74 Å². The third-order valence-corrected chi connectivity index (χ3v) is 3.00. The molecule has 0 aliphatic carbocycles. The lowest BCUT2D eigenvalue weighted by Crippen LogP contribution is -2.64. The zero-order chi connectivity index (χ0) is 16.7. The van der Waals surface area contributed by atoms with Gasteiger partial charge in [-0.25, -0.2) is 19.6 Å². The van der Waals surface area contributed by atoms with Crippen LogP contribution in [-0.2, 0) is 21.3 Å². The maximum absolute atomic E-state index is 12.1. The van der Waals surface area contributed by atoms with E-state index < -0.39 is 17.7 Å². The zero-order valence-corrected chi connectivity index (χ0v) is 13.2. The van der Waals surface area contributed by atoms with Crippen LogP contribution in [0.15, 0.2) is 12.3 Å². The van der Waals surface area contributed by atoms with Crippen molar-refractivity contribution in [2.45, 2.75) is 26.4 Å². The van der Waals surface area contributed by atoms with Gasteiger partial charge >= 0.3 is 12.1 Å². The second-order valence-electron chi connectivity index (χ2n) is 5.93. The molecule has 8 nitrogen and oxygen atoms in total. The van der Waals surface area contributed by atoms with E-state index in [1.54, 1.807) is 34.0 Å². The summed E-state index contributed by atoms with van der Waals surface area (Å²) in [7, 11) is 2.93. The smallest absolute Gasteiger partial charge is 0.430 e. The third-order valence-electron chi connectivity index (χ3n) is 3.00. The SMILES string of the molecule is COC(=O)c1cc(N2C(=O)CN2C(=O)OC(C)(C)C)cn1C. The van der Waals surface area contributed by atoms with Gasteiger partial charge < -0.3 is 14.0 Å². The summed E-state index contributed by atoms with van der Waals surface area (Å²) in [5.74, 6) is -0.779. The summed E-state index contributed by atoms with van der Waals surface area (Å²) in [6, 6.07) is 1.49. The fourth-order valence-corrected chi connectivity index (χ4v) is 2.04. The summed E-state index contributed by atoms with van der Waals surface area (Å²) < 4.78 is 11.4. The molecule has 0 bridgehead atoms. The van der Waals surface area contributed by atoms with Crippen molar-refractivity contribution in [2.75, 3.05) is 18.7 Å². The number of carbonyl (C=O) groups is 3. The fourth-order valence-electron chi connectivity index (χ4n) is 2.04. The van der Waals surface area contributed by atoms with Crippen molar-refractivity contribution in [3.05, 3.63) is 18.0 Å². The van der Waals surface area contributed by atoms with Crippen LogP contribution in [0.5, 0.6) is 0 Å². The number of hydrogen-bond donors (Lipinski definition) is 0. The molecule has 2 rings (SSSR count). The lowest BCUT2D eigenvalue weighted by Gasteiger charge is -2.42. The number of hydrazine groups is 1. The topological polar surface area (TPSA) is 81.1 Å². The Morgan fingerprint density at radius 3 is 2.41 bits per heavy atom. The predicted molar refractivity (Wildman–Crippen MR) is 77.2 cm³/mol. The van der Waals surface area contributed by atoms with Gasteiger partial charge in [0, 0.05) is 13.2 Å². The van der Waals surface area contributed by atoms with E-state index >= 15 is 0 Å². The highest BCUT2D eigenvalue weighted by molar-refractivity contribution is 6.05. The summed E-state index contributed by atoms with van der Waals surface area (Å²) in [6.07, 6.45) is 0.955. The van der Waals surface area contributed by atoms with Gasteiger partial charge in [0.25, 0.3) is 5.91 Å². The van der Waals surface area contributed by atoms with Crippen LogP contribution in [0.2, 0.25) is 0 Å². The van der Waals surface area contributed by atoms with Gasteiger partial charge in [-0.15, -0.1) is 0 Å². The molecule has 0 unspecified atom stereocenters. The summed E-state index contributed by atoms with van der Waals surface area (Å²) in [4.78, 5) is 35.5. The molecule has 1 aromatic heterocycles. The van der Waals surface area contributed by atoms with Gasteiger partial charge in [0.1, 0.15) is 17.8 Å². The summed E-state index contributed by atoms with van der Waals surface area (Å²) in [5.41, 5.74) is 0.0289. The zero-order valence-electron chi connectivity index (χ0n) is 13.2. The molecule has 1 aliphatic rings. The van der Waals surface area contributed by atoms with Crippen LogP contribution in [0.4, 0.5) is 10.5 Å². The van der Waals surface area contributed by atoms with Crippen LogP contribution in [0.1, 0.15) is 31.3 Å². The summed E-state index contributed by atoms with van der Waals surface area (Å²) in [5, 5.41) is 2.37. The third kappa shape index (κ3) is 2.90. The van der Waals surface area contributed by atoms with E-state index in [0.717, 1.165) is 0 Å². The number of amides is 2.